The number of nitrogens with one attached hydrogen (secondary N) is 2. The third-order valence-electron chi connectivity index (χ3n) is 3.37. The van der Waals surface area contributed by atoms with E-state index in [1.165, 1.54) is 12.1 Å². The summed E-state index contributed by atoms with van der Waals surface area (Å²) < 4.78 is 22.3. The normalized spacial score (nSPS) is 18.8. The third kappa shape index (κ3) is 5.52. The van der Waals surface area contributed by atoms with Gasteiger partial charge in [-0.25, -0.2) is 13.6 Å². The van der Waals surface area contributed by atoms with Crippen molar-refractivity contribution in [2.45, 2.75) is 23.8 Å². The molecule has 1 aromatic rings. The summed E-state index contributed by atoms with van der Waals surface area (Å²) in [4.78, 5) is 23.5. The van der Waals surface area contributed by atoms with E-state index in [9.17, 15) is 18.0 Å². The van der Waals surface area contributed by atoms with E-state index >= 15 is 0 Å². The molecule has 126 valence electrons. The fourth-order valence-corrected chi connectivity index (χ4v) is 3.60. The largest absolute Gasteiger partial charge is 0.354 e. The topological polar surface area (TPSA) is 118 Å². The minimum Gasteiger partial charge on any atom is -0.354 e. The first-order valence-electron chi connectivity index (χ1n) is 7.13. The first-order chi connectivity index (χ1) is 10.9. The predicted molar refractivity (Wildman–Crippen MR) is 88.4 cm³/mol. The van der Waals surface area contributed by atoms with Gasteiger partial charge < -0.3 is 10.6 Å². The Kier molecular flexibility index (Phi) is 6.03. The standard InChI is InChI=1S/C14H19N3O4S2/c15-23(20,21)11-3-1-10(2-4-11)5-7-16-14(19)12-9-22-8-6-13(18)17-12/h1-4,12H,5-9H2,(H,16,19)(H,17,18)(H2,15,20,21)/t12-/m0/s1. The minimum atomic E-state index is -3.69. The molecule has 0 unspecified atom stereocenters. The summed E-state index contributed by atoms with van der Waals surface area (Å²) in [6.45, 7) is 0.407. The lowest BCUT2D eigenvalue weighted by Gasteiger charge is -2.15. The number of nitrogens with two attached hydrogens (primary N) is 1. The van der Waals surface area contributed by atoms with Gasteiger partial charge in [0.15, 0.2) is 0 Å². The highest BCUT2D eigenvalue weighted by Gasteiger charge is 2.22. The van der Waals surface area contributed by atoms with E-state index in [1.54, 1.807) is 23.9 Å². The van der Waals surface area contributed by atoms with Gasteiger partial charge in [0.2, 0.25) is 21.8 Å². The lowest BCUT2D eigenvalue weighted by molar-refractivity contribution is -0.128. The van der Waals surface area contributed by atoms with Crippen LogP contribution in [-0.2, 0) is 26.0 Å². The molecule has 2 amide bonds. The molecule has 0 spiro atoms. The van der Waals surface area contributed by atoms with Crippen molar-refractivity contribution in [3.63, 3.8) is 0 Å². The molecule has 4 N–H and O–H groups in total. The molecule has 1 heterocycles. The predicted octanol–water partition coefficient (Wildman–Crippen LogP) is -0.386. The molecule has 1 aliphatic heterocycles. The van der Waals surface area contributed by atoms with Gasteiger partial charge in [0.25, 0.3) is 0 Å². The highest BCUT2D eigenvalue weighted by atomic mass is 32.2. The lowest BCUT2D eigenvalue weighted by Crippen LogP contribution is -2.47. The Balaban J connectivity index is 1.82. The summed E-state index contributed by atoms with van der Waals surface area (Å²) in [6, 6.07) is 5.70. The summed E-state index contributed by atoms with van der Waals surface area (Å²) in [5, 5.41) is 10.5. The van der Waals surface area contributed by atoms with Crippen LogP contribution < -0.4 is 15.8 Å². The van der Waals surface area contributed by atoms with Gasteiger partial charge in [-0.05, 0) is 24.1 Å². The first-order valence-corrected chi connectivity index (χ1v) is 9.83. The number of hydrogen-bond acceptors (Lipinski definition) is 5. The molecule has 7 nitrogen and oxygen atoms in total. The molecule has 0 bridgehead atoms. The summed E-state index contributed by atoms with van der Waals surface area (Å²) in [6.07, 6.45) is 0.995. The van der Waals surface area contributed by atoms with Crippen LogP contribution in [0, 0.1) is 0 Å². The third-order valence-corrected chi connectivity index (χ3v) is 5.37. The monoisotopic (exact) mass is 357 g/mol. The number of sulfonamides is 1. The number of benzene rings is 1. The Morgan fingerprint density at radius 3 is 2.70 bits per heavy atom. The van der Waals surface area contributed by atoms with Gasteiger partial charge in [-0.3, -0.25) is 9.59 Å². The van der Waals surface area contributed by atoms with E-state index in [-0.39, 0.29) is 16.7 Å². The second-order valence-corrected chi connectivity index (χ2v) is 7.89. The molecular formula is C14H19N3O4S2. The molecule has 1 fully saturated rings. The van der Waals surface area contributed by atoms with Crippen LogP contribution >= 0.6 is 11.8 Å². The van der Waals surface area contributed by atoms with Gasteiger partial charge >= 0.3 is 0 Å². The number of thioether (sulfide) groups is 1. The van der Waals surface area contributed by atoms with E-state index in [2.05, 4.69) is 10.6 Å². The van der Waals surface area contributed by atoms with Gasteiger partial charge in [0.1, 0.15) is 6.04 Å². The maximum Gasteiger partial charge on any atom is 0.243 e. The van der Waals surface area contributed by atoms with Crippen LogP contribution in [-0.4, -0.2) is 44.3 Å². The number of hydrogen-bond donors (Lipinski definition) is 3. The van der Waals surface area contributed by atoms with Crippen molar-refractivity contribution in [1.82, 2.24) is 10.6 Å². The van der Waals surface area contributed by atoms with Crippen LogP contribution in [0.4, 0.5) is 0 Å². The summed E-state index contributed by atoms with van der Waals surface area (Å²) in [5.74, 6) is 0.995. The van der Waals surface area contributed by atoms with Crippen molar-refractivity contribution in [2.24, 2.45) is 5.14 Å². The van der Waals surface area contributed by atoms with Crippen molar-refractivity contribution < 1.29 is 18.0 Å². The van der Waals surface area contributed by atoms with Crippen LogP contribution in [0.3, 0.4) is 0 Å². The highest BCUT2D eigenvalue weighted by Crippen LogP contribution is 2.10. The average Bonchev–Trinajstić information content (AvgIpc) is 2.71. The highest BCUT2D eigenvalue weighted by molar-refractivity contribution is 7.99. The molecule has 0 saturated carbocycles. The van der Waals surface area contributed by atoms with E-state index < -0.39 is 16.1 Å². The van der Waals surface area contributed by atoms with Gasteiger partial charge in [-0.1, -0.05) is 12.1 Å². The fourth-order valence-electron chi connectivity index (χ4n) is 2.11. The molecule has 0 aliphatic carbocycles. The molecule has 2 rings (SSSR count). The molecule has 23 heavy (non-hydrogen) atoms. The number of rotatable bonds is 5. The molecule has 0 radical (unpaired) electrons. The van der Waals surface area contributed by atoms with Crippen molar-refractivity contribution in [3.05, 3.63) is 29.8 Å². The Hall–Kier alpha value is -1.58. The average molecular weight is 357 g/mol. The summed E-state index contributed by atoms with van der Waals surface area (Å²) in [5.41, 5.74) is 0.886. The van der Waals surface area contributed by atoms with Gasteiger partial charge in [-0.15, -0.1) is 0 Å². The Morgan fingerprint density at radius 1 is 1.35 bits per heavy atom. The van der Waals surface area contributed by atoms with Gasteiger partial charge in [-0.2, -0.15) is 11.8 Å². The minimum absolute atomic E-state index is 0.0588. The zero-order chi connectivity index (χ0) is 16.9. The van der Waals surface area contributed by atoms with Crippen molar-refractivity contribution in [3.8, 4) is 0 Å². The molecule has 1 atom stereocenters. The molecular weight excluding hydrogens is 338 g/mol. The van der Waals surface area contributed by atoms with E-state index in [4.69, 9.17) is 5.14 Å². The van der Waals surface area contributed by atoms with E-state index in [0.29, 0.717) is 25.1 Å². The van der Waals surface area contributed by atoms with Crippen molar-refractivity contribution in [1.29, 1.82) is 0 Å². The number of amides is 2. The van der Waals surface area contributed by atoms with Crippen molar-refractivity contribution in [2.75, 3.05) is 18.1 Å². The lowest BCUT2D eigenvalue weighted by atomic mass is 10.1. The van der Waals surface area contributed by atoms with Crippen molar-refractivity contribution >= 4 is 33.6 Å². The van der Waals surface area contributed by atoms with Crippen LogP contribution in [0.5, 0.6) is 0 Å². The second kappa shape index (κ2) is 7.80. The Bertz CT molecular complexity index is 674. The van der Waals surface area contributed by atoms with Crippen LogP contribution in [0.2, 0.25) is 0 Å². The van der Waals surface area contributed by atoms with Crippen LogP contribution in [0.25, 0.3) is 0 Å². The van der Waals surface area contributed by atoms with Gasteiger partial charge in [0.05, 0.1) is 4.90 Å². The van der Waals surface area contributed by atoms with Gasteiger partial charge in [0, 0.05) is 24.5 Å². The van der Waals surface area contributed by atoms with E-state index in [0.717, 1.165) is 11.3 Å². The molecule has 1 aromatic carbocycles. The van der Waals surface area contributed by atoms with Crippen LogP contribution in [0.15, 0.2) is 29.2 Å². The quantitative estimate of drug-likeness (QED) is 0.663. The maximum atomic E-state index is 12.0. The molecule has 1 aliphatic rings. The number of carbonyl (C=O) groups is 2. The Labute approximate surface area is 139 Å². The summed E-state index contributed by atoms with van der Waals surface area (Å²) in [7, 11) is -3.69. The Morgan fingerprint density at radius 2 is 2.04 bits per heavy atom. The molecule has 0 aromatic heterocycles. The zero-order valence-electron chi connectivity index (χ0n) is 12.4. The second-order valence-electron chi connectivity index (χ2n) is 5.18. The zero-order valence-corrected chi connectivity index (χ0v) is 14.1. The van der Waals surface area contributed by atoms with Crippen LogP contribution in [0.1, 0.15) is 12.0 Å². The smallest absolute Gasteiger partial charge is 0.243 e. The summed E-state index contributed by atoms with van der Waals surface area (Å²) >= 11 is 1.58. The molecule has 9 heteroatoms. The van der Waals surface area contributed by atoms with E-state index in [1.807, 2.05) is 0 Å². The number of carbonyl (C=O) groups excluding carboxylic acids is 2. The SMILES string of the molecule is NS(=O)(=O)c1ccc(CCNC(=O)[C@@H]2CSCCC(=O)N2)cc1. The fraction of sp³-hybridized carbons (Fsp3) is 0.429. The first kappa shape index (κ1) is 17.8. The number of primary sulfonamides is 1. The molecule has 1 saturated heterocycles. The maximum absolute atomic E-state index is 12.0.